The molecule has 0 spiro atoms. The van der Waals surface area contributed by atoms with Crippen LogP contribution >= 0.6 is 23.2 Å². The topological polar surface area (TPSA) is 75.7 Å². The maximum absolute atomic E-state index is 12.7. The number of hydrogen-bond acceptors (Lipinski definition) is 4. The van der Waals surface area contributed by atoms with E-state index >= 15 is 0 Å². The summed E-state index contributed by atoms with van der Waals surface area (Å²) in [4.78, 5) is 12.3. The number of nitrogens with one attached hydrogen (secondary N) is 1. The Labute approximate surface area is 173 Å². The Morgan fingerprint density at radius 1 is 1.07 bits per heavy atom. The van der Waals surface area contributed by atoms with Crippen molar-refractivity contribution in [2.45, 2.75) is 4.90 Å². The van der Waals surface area contributed by atoms with Gasteiger partial charge in [-0.1, -0.05) is 29.3 Å². The zero-order valence-electron chi connectivity index (χ0n) is 14.8. The van der Waals surface area contributed by atoms with Gasteiger partial charge in [0.15, 0.2) is 0 Å². The molecule has 1 amide bonds. The summed E-state index contributed by atoms with van der Waals surface area (Å²) in [7, 11) is -3.63. The monoisotopic (exact) mass is 440 g/mol. The summed E-state index contributed by atoms with van der Waals surface area (Å²) in [6, 6.07) is 11.1. The van der Waals surface area contributed by atoms with E-state index in [0.29, 0.717) is 47.6 Å². The van der Waals surface area contributed by atoms with Crippen molar-refractivity contribution in [3.8, 4) is 0 Å². The second-order valence-electron chi connectivity index (χ2n) is 6.07. The lowest BCUT2D eigenvalue weighted by atomic mass is 10.2. The Bertz CT molecular complexity index is 982. The van der Waals surface area contributed by atoms with Gasteiger partial charge < -0.3 is 10.1 Å². The Hall–Kier alpha value is -1.90. The van der Waals surface area contributed by atoms with Gasteiger partial charge in [0, 0.05) is 34.9 Å². The van der Waals surface area contributed by atoms with Crippen molar-refractivity contribution < 1.29 is 17.9 Å². The number of amides is 1. The van der Waals surface area contributed by atoms with Crippen LogP contribution in [0.25, 0.3) is 6.08 Å². The van der Waals surface area contributed by atoms with E-state index < -0.39 is 15.9 Å². The molecule has 1 fully saturated rings. The fraction of sp³-hybridized carbons (Fsp3) is 0.211. The van der Waals surface area contributed by atoms with E-state index in [1.165, 1.54) is 22.5 Å². The molecule has 0 atom stereocenters. The second-order valence-corrected chi connectivity index (χ2v) is 8.88. The van der Waals surface area contributed by atoms with Crippen molar-refractivity contribution in [2.75, 3.05) is 31.6 Å². The third-order valence-corrected chi connectivity index (χ3v) is 6.35. The van der Waals surface area contributed by atoms with Crippen LogP contribution in [-0.2, 0) is 19.6 Å². The first-order chi connectivity index (χ1) is 13.3. The number of carbonyl (C=O) groups is 1. The van der Waals surface area contributed by atoms with Crippen LogP contribution in [0, 0.1) is 0 Å². The maximum atomic E-state index is 12.7. The molecule has 1 aliphatic heterocycles. The molecular weight excluding hydrogens is 423 g/mol. The molecule has 1 saturated heterocycles. The molecule has 0 unspecified atom stereocenters. The normalized spacial score (nSPS) is 15.6. The van der Waals surface area contributed by atoms with Crippen molar-refractivity contribution in [2.24, 2.45) is 0 Å². The van der Waals surface area contributed by atoms with Gasteiger partial charge in [0.05, 0.1) is 18.1 Å². The molecule has 1 N–H and O–H groups in total. The maximum Gasteiger partial charge on any atom is 0.248 e. The Morgan fingerprint density at radius 2 is 1.75 bits per heavy atom. The molecule has 3 rings (SSSR count). The minimum atomic E-state index is -3.63. The van der Waals surface area contributed by atoms with Gasteiger partial charge in [-0.05, 0) is 48.0 Å². The summed E-state index contributed by atoms with van der Waals surface area (Å²) < 4.78 is 32.0. The highest BCUT2D eigenvalue weighted by atomic mass is 35.5. The molecule has 2 aromatic rings. The summed E-state index contributed by atoms with van der Waals surface area (Å²) in [5, 5.41) is 3.59. The van der Waals surface area contributed by atoms with Gasteiger partial charge in [0.2, 0.25) is 15.9 Å². The van der Waals surface area contributed by atoms with E-state index in [9.17, 15) is 13.2 Å². The number of benzene rings is 2. The van der Waals surface area contributed by atoms with Gasteiger partial charge in [0.1, 0.15) is 0 Å². The van der Waals surface area contributed by atoms with E-state index in [0.717, 1.165) is 0 Å². The zero-order chi connectivity index (χ0) is 20.1. The first-order valence-corrected chi connectivity index (χ1v) is 10.7. The summed E-state index contributed by atoms with van der Waals surface area (Å²) >= 11 is 11.9. The van der Waals surface area contributed by atoms with Crippen molar-refractivity contribution in [3.63, 3.8) is 0 Å². The zero-order valence-corrected chi connectivity index (χ0v) is 17.1. The van der Waals surface area contributed by atoms with Gasteiger partial charge in [-0.25, -0.2) is 8.42 Å². The lowest BCUT2D eigenvalue weighted by Crippen LogP contribution is -2.40. The summed E-state index contributed by atoms with van der Waals surface area (Å²) in [5.74, 6) is -0.406. The van der Waals surface area contributed by atoms with E-state index in [1.807, 2.05) is 0 Å². The molecule has 0 aromatic heterocycles. The third kappa shape index (κ3) is 5.33. The van der Waals surface area contributed by atoms with E-state index in [2.05, 4.69) is 5.32 Å². The van der Waals surface area contributed by atoms with Crippen LogP contribution in [0.3, 0.4) is 0 Å². The van der Waals surface area contributed by atoms with Crippen LogP contribution in [0.2, 0.25) is 10.0 Å². The summed E-state index contributed by atoms with van der Waals surface area (Å²) in [6.45, 7) is 1.36. The molecule has 9 heteroatoms. The molecule has 0 radical (unpaired) electrons. The SMILES string of the molecule is O=C(/C=C/c1cc(Cl)cc(Cl)c1)Nc1cccc(S(=O)(=O)N2CCOCC2)c1. The smallest absolute Gasteiger partial charge is 0.248 e. The number of hydrogen-bond donors (Lipinski definition) is 1. The van der Waals surface area contributed by atoms with E-state index in [-0.39, 0.29) is 4.90 Å². The first-order valence-electron chi connectivity index (χ1n) is 8.48. The Kier molecular flexibility index (Phi) is 6.74. The Balaban J connectivity index is 1.71. The predicted molar refractivity (Wildman–Crippen MR) is 110 cm³/mol. The van der Waals surface area contributed by atoms with Crippen LogP contribution in [0.15, 0.2) is 53.4 Å². The fourth-order valence-electron chi connectivity index (χ4n) is 2.70. The molecule has 28 heavy (non-hydrogen) atoms. The van der Waals surface area contributed by atoms with Crippen LogP contribution in [0.4, 0.5) is 5.69 Å². The number of sulfonamides is 1. The number of halogens is 2. The van der Waals surface area contributed by atoms with Crippen molar-refractivity contribution in [3.05, 3.63) is 64.1 Å². The predicted octanol–water partition coefficient (Wildman–Crippen LogP) is 3.67. The average molecular weight is 441 g/mol. The molecule has 1 aliphatic rings. The molecule has 1 heterocycles. The van der Waals surface area contributed by atoms with Crippen LogP contribution < -0.4 is 5.32 Å². The van der Waals surface area contributed by atoms with Gasteiger partial charge in [-0.15, -0.1) is 0 Å². The number of anilines is 1. The van der Waals surface area contributed by atoms with E-state index in [1.54, 1.807) is 36.4 Å². The first kappa shape index (κ1) is 20.8. The Morgan fingerprint density at radius 3 is 2.43 bits per heavy atom. The van der Waals surface area contributed by atoms with Crippen LogP contribution in [-0.4, -0.2) is 44.9 Å². The highest BCUT2D eigenvalue weighted by Crippen LogP contribution is 2.22. The molecule has 148 valence electrons. The van der Waals surface area contributed by atoms with Gasteiger partial charge >= 0.3 is 0 Å². The second kappa shape index (κ2) is 9.07. The molecule has 0 bridgehead atoms. The molecule has 0 saturated carbocycles. The van der Waals surface area contributed by atoms with Crippen molar-refractivity contribution in [1.29, 1.82) is 0 Å². The van der Waals surface area contributed by atoms with Gasteiger partial charge in [-0.2, -0.15) is 4.31 Å². The average Bonchev–Trinajstić information content (AvgIpc) is 2.66. The minimum absolute atomic E-state index is 0.123. The quantitative estimate of drug-likeness (QED) is 0.719. The summed E-state index contributed by atoms with van der Waals surface area (Å²) in [5.41, 5.74) is 1.06. The lowest BCUT2D eigenvalue weighted by Gasteiger charge is -2.26. The molecule has 6 nitrogen and oxygen atoms in total. The largest absolute Gasteiger partial charge is 0.379 e. The number of nitrogens with zero attached hydrogens (tertiary/aromatic N) is 1. The standard InChI is InChI=1S/C19H18Cl2N2O4S/c20-15-10-14(11-16(21)12-15)4-5-19(24)22-17-2-1-3-18(13-17)28(25,26)23-6-8-27-9-7-23/h1-5,10-13H,6-9H2,(H,22,24)/b5-4+. The third-order valence-electron chi connectivity index (χ3n) is 4.02. The minimum Gasteiger partial charge on any atom is -0.379 e. The van der Waals surface area contributed by atoms with Gasteiger partial charge in [0.25, 0.3) is 0 Å². The number of rotatable bonds is 5. The molecule has 0 aliphatic carbocycles. The lowest BCUT2D eigenvalue weighted by molar-refractivity contribution is -0.111. The highest BCUT2D eigenvalue weighted by molar-refractivity contribution is 7.89. The number of morpholine rings is 1. The van der Waals surface area contributed by atoms with Crippen molar-refractivity contribution in [1.82, 2.24) is 4.31 Å². The van der Waals surface area contributed by atoms with Gasteiger partial charge in [-0.3, -0.25) is 4.79 Å². The number of ether oxygens (including phenoxy) is 1. The number of carbonyl (C=O) groups excluding carboxylic acids is 1. The van der Waals surface area contributed by atoms with Crippen LogP contribution in [0.1, 0.15) is 5.56 Å². The van der Waals surface area contributed by atoms with Crippen molar-refractivity contribution >= 4 is 50.9 Å². The van der Waals surface area contributed by atoms with Crippen LogP contribution in [0.5, 0.6) is 0 Å². The summed E-state index contributed by atoms with van der Waals surface area (Å²) in [6.07, 6.45) is 2.90. The fourth-order valence-corrected chi connectivity index (χ4v) is 4.69. The van der Waals surface area contributed by atoms with E-state index in [4.69, 9.17) is 27.9 Å². The molecule has 2 aromatic carbocycles. The molecular formula is C19H18Cl2N2O4S. The highest BCUT2D eigenvalue weighted by Gasteiger charge is 2.26.